The molecule has 0 aliphatic heterocycles. The van der Waals surface area contributed by atoms with E-state index in [0.29, 0.717) is 34.1 Å². The number of carbonyl (C=O) groups is 2. The van der Waals surface area contributed by atoms with Crippen LogP contribution in [0.25, 0.3) is 6.08 Å². The third-order valence-corrected chi connectivity index (χ3v) is 4.94. The number of carbonyl (C=O) groups excluding carboxylic acids is 2. The summed E-state index contributed by atoms with van der Waals surface area (Å²) in [6, 6.07) is 21.0. The summed E-state index contributed by atoms with van der Waals surface area (Å²) in [5, 5.41) is 8.64. The van der Waals surface area contributed by atoms with E-state index in [1.807, 2.05) is 25.1 Å². The van der Waals surface area contributed by atoms with E-state index in [1.165, 1.54) is 18.1 Å². The van der Waals surface area contributed by atoms with Crippen LogP contribution in [0.5, 0.6) is 17.2 Å². The third-order valence-electron chi connectivity index (χ3n) is 4.94. The SMILES string of the molecule is COc1cc(/C=C/C(=O)Oc2ccc(N(C)C(=O)c3ccc(C)cc3)cc2)ccc1OCC#N. The maximum atomic E-state index is 12.7. The molecule has 0 fully saturated rings. The molecule has 0 unspecified atom stereocenters. The summed E-state index contributed by atoms with van der Waals surface area (Å²) >= 11 is 0. The van der Waals surface area contributed by atoms with Crippen molar-refractivity contribution in [2.45, 2.75) is 6.92 Å². The summed E-state index contributed by atoms with van der Waals surface area (Å²) in [4.78, 5) is 26.4. The van der Waals surface area contributed by atoms with Crippen molar-refractivity contribution in [3.05, 3.63) is 89.5 Å². The summed E-state index contributed by atoms with van der Waals surface area (Å²) in [6.45, 7) is 1.88. The number of hydrogen-bond acceptors (Lipinski definition) is 6. The fourth-order valence-corrected chi connectivity index (χ4v) is 3.08. The number of nitriles is 1. The molecule has 0 saturated carbocycles. The van der Waals surface area contributed by atoms with Crippen molar-refractivity contribution in [3.63, 3.8) is 0 Å². The molecule has 1 amide bonds. The summed E-state index contributed by atoms with van der Waals surface area (Å²) in [6.07, 6.45) is 2.88. The van der Waals surface area contributed by atoms with E-state index in [9.17, 15) is 9.59 Å². The van der Waals surface area contributed by atoms with Crippen LogP contribution in [0.15, 0.2) is 72.8 Å². The molecule has 0 heterocycles. The van der Waals surface area contributed by atoms with Crippen molar-refractivity contribution in [2.75, 3.05) is 25.7 Å². The molecule has 3 aromatic rings. The van der Waals surface area contributed by atoms with Crippen molar-refractivity contribution in [2.24, 2.45) is 0 Å². The van der Waals surface area contributed by atoms with E-state index in [0.717, 1.165) is 5.56 Å². The molecule has 3 rings (SSSR count). The molecular formula is C27H24N2O5. The Morgan fingerprint density at radius 3 is 2.35 bits per heavy atom. The summed E-state index contributed by atoms with van der Waals surface area (Å²) in [7, 11) is 3.18. The Morgan fingerprint density at radius 1 is 1.00 bits per heavy atom. The number of ether oxygens (including phenoxy) is 3. The smallest absolute Gasteiger partial charge is 0.336 e. The van der Waals surface area contributed by atoms with Crippen LogP contribution in [-0.2, 0) is 4.79 Å². The highest BCUT2D eigenvalue weighted by molar-refractivity contribution is 6.05. The van der Waals surface area contributed by atoms with E-state index >= 15 is 0 Å². The average molecular weight is 456 g/mol. The largest absolute Gasteiger partial charge is 0.493 e. The second kappa shape index (κ2) is 11.3. The van der Waals surface area contributed by atoms with Gasteiger partial charge in [0.25, 0.3) is 5.91 Å². The Bertz CT molecular complexity index is 1230. The molecule has 0 N–H and O–H groups in total. The maximum absolute atomic E-state index is 12.7. The minimum Gasteiger partial charge on any atom is -0.493 e. The lowest BCUT2D eigenvalue weighted by molar-refractivity contribution is -0.128. The summed E-state index contributed by atoms with van der Waals surface area (Å²) in [5.41, 5.74) is 3.05. The van der Waals surface area contributed by atoms with Crippen molar-refractivity contribution in [1.29, 1.82) is 5.26 Å². The van der Waals surface area contributed by atoms with E-state index in [-0.39, 0.29) is 12.5 Å². The van der Waals surface area contributed by atoms with E-state index in [2.05, 4.69) is 0 Å². The van der Waals surface area contributed by atoms with Gasteiger partial charge in [0.1, 0.15) is 11.8 Å². The number of esters is 1. The van der Waals surface area contributed by atoms with Crippen molar-refractivity contribution < 1.29 is 23.8 Å². The predicted octanol–water partition coefficient (Wildman–Crippen LogP) is 4.80. The molecule has 0 radical (unpaired) electrons. The van der Waals surface area contributed by atoms with Gasteiger partial charge in [0, 0.05) is 24.4 Å². The lowest BCUT2D eigenvalue weighted by Crippen LogP contribution is -2.26. The van der Waals surface area contributed by atoms with Crippen molar-refractivity contribution in [3.8, 4) is 23.3 Å². The second-order valence-corrected chi connectivity index (χ2v) is 7.34. The Labute approximate surface area is 198 Å². The average Bonchev–Trinajstić information content (AvgIpc) is 2.86. The first-order valence-electron chi connectivity index (χ1n) is 10.4. The number of anilines is 1. The fourth-order valence-electron chi connectivity index (χ4n) is 3.08. The van der Waals surface area contributed by atoms with E-state index in [4.69, 9.17) is 19.5 Å². The lowest BCUT2D eigenvalue weighted by atomic mass is 10.1. The first kappa shape index (κ1) is 24.1. The summed E-state index contributed by atoms with van der Waals surface area (Å²) < 4.78 is 15.9. The first-order valence-corrected chi connectivity index (χ1v) is 10.4. The zero-order valence-electron chi connectivity index (χ0n) is 19.1. The molecule has 0 aromatic heterocycles. The Balaban J connectivity index is 1.61. The minimum atomic E-state index is -0.555. The Kier molecular flexibility index (Phi) is 8.03. The van der Waals surface area contributed by atoms with Gasteiger partial charge in [0.05, 0.1) is 7.11 Å². The Hall–Kier alpha value is -4.57. The number of hydrogen-bond donors (Lipinski definition) is 0. The number of methoxy groups -OCH3 is 1. The van der Waals surface area contributed by atoms with Crippen LogP contribution in [0, 0.1) is 18.3 Å². The fraction of sp³-hybridized carbons (Fsp3) is 0.148. The van der Waals surface area contributed by atoms with Crippen LogP contribution in [0.3, 0.4) is 0 Å². The van der Waals surface area contributed by atoms with Gasteiger partial charge < -0.3 is 19.1 Å². The predicted molar refractivity (Wildman–Crippen MR) is 129 cm³/mol. The zero-order valence-corrected chi connectivity index (χ0v) is 19.1. The highest BCUT2D eigenvalue weighted by Crippen LogP contribution is 2.28. The molecule has 172 valence electrons. The number of nitrogens with zero attached hydrogens (tertiary/aromatic N) is 2. The van der Waals surface area contributed by atoms with Gasteiger partial charge in [-0.2, -0.15) is 5.26 Å². The van der Waals surface area contributed by atoms with Gasteiger partial charge in [-0.05, 0) is 67.1 Å². The molecule has 0 aliphatic carbocycles. The van der Waals surface area contributed by atoms with Crippen LogP contribution in [-0.4, -0.2) is 32.6 Å². The molecule has 0 atom stereocenters. The first-order chi connectivity index (χ1) is 16.4. The van der Waals surface area contributed by atoms with Gasteiger partial charge in [-0.3, -0.25) is 4.79 Å². The third kappa shape index (κ3) is 6.24. The van der Waals surface area contributed by atoms with Gasteiger partial charge in [-0.15, -0.1) is 0 Å². The lowest BCUT2D eigenvalue weighted by Gasteiger charge is -2.17. The van der Waals surface area contributed by atoms with Gasteiger partial charge in [0.15, 0.2) is 18.1 Å². The molecule has 7 heteroatoms. The summed E-state index contributed by atoms with van der Waals surface area (Å²) in [5.74, 6) is 0.556. The Morgan fingerprint density at radius 2 is 1.71 bits per heavy atom. The molecule has 0 aliphatic rings. The van der Waals surface area contributed by atoms with Crippen LogP contribution >= 0.6 is 0 Å². The quantitative estimate of drug-likeness (QED) is 0.275. The number of benzene rings is 3. The standard InChI is InChI=1S/C27H24N2O5/c1-19-4-8-21(9-5-19)27(31)29(2)22-10-12-23(13-11-22)34-26(30)15-7-20-6-14-24(33-17-16-28)25(18-20)32-3/h4-15,18H,17H2,1-3H3/b15-7+. The molecule has 0 spiro atoms. The van der Waals surface area contributed by atoms with Crippen LogP contribution in [0.1, 0.15) is 21.5 Å². The topological polar surface area (TPSA) is 88.9 Å². The normalized spacial score (nSPS) is 10.4. The van der Waals surface area contributed by atoms with Crippen molar-refractivity contribution >= 4 is 23.6 Å². The van der Waals surface area contributed by atoms with E-state index < -0.39 is 5.97 Å². The molecular weight excluding hydrogens is 432 g/mol. The van der Waals surface area contributed by atoms with Gasteiger partial charge >= 0.3 is 5.97 Å². The van der Waals surface area contributed by atoms with Gasteiger partial charge in [0.2, 0.25) is 0 Å². The van der Waals surface area contributed by atoms with Crippen LogP contribution in [0.4, 0.5) is 5.69 Å². The molecule has 3 aromatic carbocycles. The monoisotopic (exact) mass is 456 g/mol. The minimum absolute atomic E-state index is 0.0907. The molecule has 7 nitrogen and oxygen atoms in total. The second-order valence-electron chi connectivity index (χ2n) is 7.34. The van der Waals surface area contributed by atoms with Crippen LogP contribution in [0.2, 0.25) is 0 Å². The molecule has 0 bridgehead atoms. The maximum Gasteiger partial charge on any atom is 0.336 e. The highest BCUT2D eigenvalue weighted by Gasteiger charge is 2.13. The van der Waals surface area contributed by atoms with Crippen molar-refractivity contribution in [1.82, 2.24) is 0 Å². The number of aryl methyl sites for hydroxylation is 1. The number of rotatable bonds is 8. The number of amides is 1. The van der Waals surface area contributed by atoms with Gasteiger partial charge in [-0.1, -0.05) is 23.8 Å². The molecule has 34 heavy (non-hydrogen) atoms. The van der Waals surface area contributed by atoms with Gasteiger partial charge in [-0.25, -0.2) is 4.79 Å². The zero-order chi connectivity index (χ0) is 24.5. The molecule has 0 saturated heterocycles. The highest BCUT2D eigenvalue weighted by atomic mass is 16.5. The van der Waals surface area contributed by atoms with E-state index in [1.54, 1.807) is 67.7 Å². The van der Waals surface area contributed by atoms with Crippen LogP contribution < -0.4 is 19.1 Å².